The summed E-state index contributed by atoms with van der Waals surface area (Å²) in [4.78, 5) is 17.3. The molecule has 0 saturated carbocycles. The van der Waals surface area contributed by atoms with E-state index in [1.165, 1.54) is 0 Å². The summed E-state index contributed by atoms with van der Waals surface area (Å²) in [7, 11) is 1.82. The fourth-order valence-electron chi connectivity index (χ4n) is 3.00. The molecule has 138 valence electrons. The summed E-state index contributed by atoms with van der Waals surface area (Å²) in [6, 6.07) is 3.54. The Kier molecular flexibility index (Phi) is 6.61. The van der Waals surface area contributed by atoms with Gasteiger partial charge in [0.15, 0.2) is 5.82 Å². The van der Waals surface area contributed by atoms with Crippen LogP contribution < -0.4 is 5.32 Å². The van der Waals surface area contributed by atoms with Crippen molar-refractivity contribution >= 4 is 11.6 Å². The number of nitro groups is 1. The van der Waals surface area contributed by atoms with E-state index in [0.717, 1.165) is 5.56 Å². The van der Waals surface area contributed by atoms with E-state index in [1.54, 1.807) is 12.3 Å². The number of rotatable bonds is 7. The molecule has 1 N–H and O–H groups in total. The summed E-state index contributed by atoms with van der Waals surface area (Å²) in [6.45, 7) is 6.32. The monoisotopic (exact) mass is 368 g/mol. The van der Waals surface area contributed by atoms with Gasteiger partial charge in [0, 0.05) is 26.2 Å². The summed E-state index contributed by atoms with van der Waals surface area (Å²) in [6.07, 6.45) is 2.80. The molecule has 1 aliphatic heterocycles. The molecule has 2 heterocycles. The number of allylic oxidation sites excluding steroid dienone is 1. The Morgan fingerprint density at radius 3 is 2.76 bits per heavy atom. The molecule has 1 aromatic rings. The Balaban J connectivity index is 2.28. The summed E-state index contributed by atoms with van der Waals surface area (Å²) < 4.78 is 5.96. The minimum atomic E-state index is -0.279. The number of nitrogens with zero attached hydrogens (tertiary/aromatic N) is 3. The highest BCUT2D eigenvalue weighted by atomic mass is 35.5. The normalized spacial score (nSPS) is 21.0. The molecule has 7 nitrogen and oxygen atoms in total. The molecule has 2 unspecified atom stereocenters. The molecule has 0 radical (unpaired) electrons. The maximum atomic E-state index is 11.7. The van der Waals surface area contributed by atoms with Crippen LogP contribution in [0.4, 0.5) is 0 Å². The van der Waals surface area contributed by atoms with Crippen molar-refractivity contribution in [3.05, 3.63) is 50.7 Å². The SMILES string of the molecule is CCC1CC(OC(C)C)N(C)C(NCc2ccc(Cl)nc2)=C1[N+](=O)[O-]. The quantitative estimate of drug-likeness (QED) is 0.451. The zero-order valence-electron chi connectivity index (χ0n) is 15.0. The summed E-state index contributed by atoms with van der Waals surface area (Å²) in [5.41, 5.74) is 1.11. The first-order valence-electron chi connectivity index (χ1n) is 8.44. The molecule has 0 fully saturated rings. The molecule has 0 aliphatic carbocycles. The van der Waals surface area contributed by atoms with Gasteiger partial charge in [-0.1, -0.05) is 24.6 Å². The molecule has 2 atom stereocenters. The molecular formula is C17H25ClN4O3. The van der Waals surface area contributed by atoms with E-state index in [9.17, 15) is 10.1 Å². The average Bonchev–Trinajstić information content (AvgIpc) is 2.55. The standard InChI is InChI=1S/C17H25ClN4O3/c1-5-13-8-15(25-11(2)3)21(4)17(16(13)22(23)24)20-10-12-6-7-14(18)19-9-12/h6-7,9,11,13,15,20H,5,8,10H2,1-4H3. The maximum Gasteiger partial charge on any atom is 0.289 e. The van der Waals surface area contributed by atoms with Crippen molar-refractivity contribution in [3.63, 3.8) is 0 Å². The number of halogens is 1. The molecule has 25 heavy (non-hydrogen) atoms. The van der Waals surface area contributed by atoms with E-state index >= 15 is 0 Å². The van der Waals surface area contributed by atoms with Crippen LogP contribution in [0.2, 0.25) is 5.15 Å². The Bertz CT molecular complexity index is 633. The van der Waals surface area contributed by atoms with Crippen LogP contribution in [0, 0.1) is 16.0 Å². The smallest absolute Gasteiger partial charge is 0.289 e. The van der Waals surface area contributed by atoms with Crippen molar-refractivity contribution in [1.29, 1.82) is 0 Å². The van der Waals surface area contributed by atoms with Gasteiger partial charge in [-0.25, -0.2) is 4.98 Å². The minimum Gasteiger partial charge on any atom is -0.362 e. The van der Waals surface area contributed by atoms with Crippen LogP contribution in [-0.4, -0.2) is 34.2 Å². The van der Waals surface area contributed by atoms with Crippen LogP contribution in [0.25, 0.3) is 0 Å². The van der Waals surface area contributed by atoms with E-state index in [0.29, 0.717) is 30.4 Å². The van der Waals surface area contributed by atoms with Gasteiger partial charge in [0.1, 0.15) is 11.4 Å². The number of hydrogen-bond acceptors (Lipinski definition) is 6. The molecule has 2 rings (SSSR count). The highest BCUT2D eigenvalue weighted by Crippen LogP contribution is 2.33. The molecule has 8 heteroatoms. The van der Waals surface area contributed by atoms with Crippen molar-refractivity contribution < 1.29 is 9.66 Å². The first-order valence-corrected chi connectivity index (χ1v) is 8.82. The van der Waals surface area contributed by atoms with Crippen molar-refractivity contribution in [3.8, 4) is 0 Å². The molecule has 0 spiro atoms. The van der Waals surface area contributed by atoms with E-state index in [4.69, 9.17) is 16.3 Å². The second-order valence-electron chi connectivity index (χ2n) is 6.42. The van der Waals surface area contributed by atoms with Gasteiger partial charge in [-0.2, -0.15) is 0 Å². The number of nitrogens with one attached hydrogen (secondary N) is 1. The number of aromatic nitrogens is 1. The molecule has 0 aromatic carbocycles. The number of hydrogen-bond donors (Lipinski definition) is 1. The van der Waals surface area contributed by atoms with Crippen molar-refractivity contribution in [1.82, 2.24) is 15.2 Å². The lowest BCUT2D eigenvalue weighted by molar-refractivity contribution is -0.440. The van der Waals surface area contributed by atoms with Gasteiger partial charge in [0.05, 0.1) is 16.9 Å². The lowest BCUT2D eigenvalue weighted by Gasteiger charge is -2.38. The Morgan fingerprint density at radius 1 is 1.52 bits per heavy atom. The van der Waals surface area contributed by atoms with Crippen molar-refractivity contribution in [2.75, 3.05) is 7.05 Å². The van der Waals surface area contributed by atoms with Gasteiger partial charge in [0.2, 0.25) is 0 Å². The second-order valence-corrected chi connectivity index (χ2v) is 6.81. The lowest BCUT2D eigenvalue weighted by atomic mass is 9.93. The van der Waals surface area contributed by atoms with Gasteiger partial charge in [-0.15, -0.1) is 0 Å². The van der Waals surface area contributed by atoms with Crippen LogP contribution in [0.3, 0.4) is 0 Å². The fraction of sp³-hybridized carbons (Fsp3) is 0.588. The van der Waals surface area contributed by atoms with Crippen LogP contribution in [-0.2, 0) is 11.3 Å². The van der Waals surface area contributed by atoms with Crippen LogP contribution in [0.5, 0.6) is 0 Å². The second kappa shape index (κ2) is 8.49. The highest BCUT2D eigenvalue weighted by Gasteiger charge is 2.40. The minimum absolute atomic E-state index is 0.0452. The Hall–Kier alpha value is -1.86. The maximum absolute atomic E-state index is 11.7. The largest absolute Gasteiger partial charge is 0.362 e. The van der Waals surface area contributed by atoms with Crippen LogP contribution in [0.1, 0.15) is 39.2 Å². The lowest BCUT2D eigenvalue weighted by Crippen LogP contribution is -2.47. The van der Waals surface area contributed by atoms with E-state index in [-0.39, 0.29) is 28.9 Å². The molecular weight excluding hydrogens is 344 g/mol. The third-order valence-corrected chi connectivity index (χ3v) is 4.49. The number of ether oxygens (including phenoxy) is 1. The predicted molar refractivity (Wildman–Crippen MR) is 96.3 cm³/mol. The summed E-state index contributed by atoms with van der Waals surface area (Å²) >= 11 is 5.80. The molecule has 1 aliphatic rings. The Labute approximate surface area is 153 Å². The van der Waals surface area contributed by atoms with Crippen LogP contribution in [0.15, 0.2) is 29.8 Å². The number of pyridine rings is 1. The van der Waals surface area contributed by atoms with E-state index in [2.05, 4.69) is 10.3 Å². The molecule has 0 amide bonds. The van der Waals surface area contributed by atoms with Crippen molar-refractivity contribution in [2.24, 2.45) is 5.92 Å². The first kappa shape index (κ1) is 19.5. The van der Waals surface area contributed by atoms with Gasteiger partial charge in [0.25, 0.3) is 5.70 Å². The van der Waals surface area contributed by atoms with E-state index in [1.807, 2.05) is 38.8 Å². The van der Waals surface area contributed by atoms with Gasteiger partial charge >= 0.3 is 0 Å². The van der Waals surface area contributed by atoms with Gasteiger partial charge < -0.3 is 15.0 Å². The molecule has 0 saturated heterocycles. The molecule has 1 aromatic heterocycles. The Morgan fingerprint density at radius 2 is 2.24 bits per heavy atom. The summed E-state index contributed by atoms with van der Waals surface area (Å²) in [5, 5.41) is 15.3. The van der Waals surface area contributed by atoms with Crippen LogP contribution >= 0.6 is 11.6 Å². The van der Waals surface area contributed by atoms with Gasteiger partial charge in [-0.05, 0) is 31.9 Å². The first-order chi connectivity index (χ1) is 11.8. The van der Waals surface area contributed by atoms with Gasteiger partial charge in [-0.3, -0.25) is 10.1 Å². The summed E-state index contributed by atoms with van der Waals surface area (Å²) in [5.74, 6) is 0.351. The zero-order chi connectivity index (χ0) is 18.6. The topological polar surface area (TPSA) is 80.5 Å². The zero-order valence-corrected chi connectivity index (χ0v) is 15.8. The van der Waals surface area contributed by atoms with Crippen molar-refractivity contribution in [2.45, 2.75) is 52.5 Å². The highest BCUT2D eigenvalue weighted by molar-refractivity contribution is 6.29. The third-order valence-electron chi connectivity index (χ3n) is 4.27. The average molecular weight is 369 g/mol. The third kappa shape index (κ3) is 4.83. The molecule has 0 bridgehead atoms. The predicted octanol–water partition coefficient (Wildman–Crippen LogP) is 3.38. The van der Waals surface area contributed by atoms with E-state index < -0.39 is 0 Å². The fourth-order valence-corrected chi connectivity index (χ4v) is 3.11.